The van der Waals surface area contributed by atoms with E-state index >= 15 is 0 Å². The van der Waals surface area contributed by atoms with Crippen LogP contribution in [-0.2, 0) is 14.2 Å². The molecule has 0 radical (unpaired) electrons. The number of methoxy groups -OCH3 is 1. The standard InChI is InChI=1S/C14H26O4/c1-10-3-5-11(6-4-10)18-13-9-12(15)14(13)17-8-7-16-2/h10-15H,3-9H2,1-2H3. The van der Waals surface area contributed by atoms with E-state index in [0.29, 0.717) is 25.7 Å². The number of rotatable bonds is 6. The van der Waals surface area contributed by atoms with E-state index in [4.69, 9.17) is 14.2 Å². The Bertz CT molecular complexity index is 238. The Morgan fingerprint density at radius 1 is 1.11 bits per heavy atom. The number of aliphatic hydroxyl groups is 1. The van der Waals surface area contributed by atoms with Crippen LogP contribution in [0.15, 0.2) is 0 Å². The van der Waals surface area contributed by atoms with E-state index in [0.717, 1.165) is 18.8 Å². The fourth-order valence-electron chi connectivity index (χ4n) is 2.79. The Labute approximate surface area is 110 Å². The summed E-state index contributed by atoms with van der Waals surface area (Å²) in [5.41, 5.74) is 0. The molecule has 0 aromatic heterocycles. The Hall–Kier alpha value is -0.160. The lowest BCUT2D eigenvalue weighted by atomic mass is 9.85. The van der Waals surface area contributed by atoms with Gasteiger partial charge in [0.1, 0.15) is 6.10 Å². The van der Waals surface area contributed by atoms with Gasteiger partial charge in [-0.05, 0) is 31.6 Å². The van der Waals surface area contributed by atoms with Crippen molar-refractivity contribution in [3.63, 3.8) is 0 Å². The van der Waals surface area contributed by atoms with Crippen molar-refractivity contribution in [3.8, 4) is 0 Å². The van der Waals surface area contributed by atoms with Crippen LogP contribution in [0.25, 0.3) is 0 Å². The zero-order valence-electron chi connectivity index (χ0n) is 11.5. The van der Waals surface area contributed by atoms with Crippen LogP contribution in [0.1, 0.15) is 39.0 Å². The molecule has 0 spiro atoms. The van der Waals surface area contributed by atoms with Crippen molar-refractivity contribution in [2.24, 2.45) is 5.92 Å². The largest absolute Gasteiger partial charge is 0.390 e. The first-order valence-corrected chi connectivity index (χ1v) is 7.14. The molecule has 2 fully saturated rings. The Balaban J connectivity index is 1.69. The van der Waals surface area contributed by atoms with Gasteiger partial charge in [0.25, 0.3) is 0 Å². The topological polar surface area (TPSA) is 47.9 Å². The van der Waals surface area contributed by atoms with Gasteiger partial charge in [0.2, 0.25) is 0 Å². The van der Waals surface area contributed by atoms with Crippen LogP contribution in [0.2, 0.25) is 0 Å². The molecule has 1 N–H and O–H groups in total. The summed E-state index contributed by atoms with van der Waals surface area (Å²) < 4.78 is 16.6. The molecular weight excluding hydrogens is 232 g/mol. The Morgan fingerprint density at radius 3 is 2.44 bits per heavy atom. The summed E-state index contributed by atoms with van der Waals surface area (Å²) in [6.45, 7) is 3.40. The van der Waals surface area contributed by atoms with Crippen molar-refractivity contribution >= 4 is 0 Å². The van der Waals surface area contributed by atoms with Crippen molar-refractivity contribution in [3.05, 3.63) is 0 Å². The average molecular weight is 258 g/mol. The number of hydrogen-bond acceptors (Lipinski definition) is 4. The minimum atomic E-state index is -0.366. The van der Waals surface area contributed by atoms with Crippen LogP contribution in [0.3, 0.4) is 0 Å². The van der Waals surface area contributed by atoms with E-state index in [-0.39, 0.29) is 18.3 Å². The van der Waals surface area contributed by atoms with Crippen LogP contribution in [0, 0.1) is 5.92 Å². The zero-order valence-corrected chi connectivity index (χ0v) is 11.5. The molecule has 2 aliphatic rings. The van der Waals surface area contributed by atoms with E-state index in [9.17, 15) is 5.11 Å². The number of hydrogen-bond donors (Lipinski definition) is 1. The predicted molar refractivity (Wildman–Crippen MR) is 68.5 cm³/mol. The molecule has 4 nitrogen and oxygen atoms in total. The lowest BCUT2D eigenvalue weighted by Crippen LogP contribution is -2.55. The second-order valence-corrected chi connectivity index (χ2v) is 5.69. The van der Waals surface area contributed by atoms with Gasteiger partial charge in [-0.25, -0.2) is 0 Å². The normalized spacial score (nSPS) is 40.5. The van der Waals surface area contributed by atoms with Crippen molar-refractivity contribution in [1.82, 2.24) is 0 Å². The fourth-order valence-corrected chi connectivity index (χ4v) is 2.79. The van der Waals surface area contributed by atoms with Gasteiger partial charge in [0.05, 0.1) is 31.5 Å². The summed E-state index contributed by atoms with van der Waals surface area (Å²) in [5.74, 6) is 0.839. The van der Waals surface area contributed by atoms with Gasteiger partial charge < -0.3 is 19.3 Å². The molecule has 3 atom stereocenters. The molecule has 106 valence electrons. The van der Waals surface area contributed by atoms with E-state index in [2.05, 4.69) is 6.92 Å². The van der Waals surface area contributed by atoms with Crippen LogP contribution >= 0.6 is 0 Å². The second-order valence-electron chi connectivity index (χ2n) is 5.69. The minimum Gasteiger partial charge on any atom is -0.390 e. The third-order valence-corrected chi connectivity index (χ3v) is 4.15. The van der Waals surface area contributed by atoms with Crippen molar-refractivity contribution < 1.29 is 19.3 Å². The van der Waals surface area contributed by atoms with E-state index in [1.165, 1.54) is 12.8 Å². The van der Waals surface area contributed by atoms with Gasteiger partial charge in [-0.2, -0.15) is 0 Å². The Kier molecular flexibility index (Phi) is 5.42. The molecule has 2 rings (SSSR count). The van der Waals surface area contributed by atoms with E-state index in [1.54, 1.807) is 7.11 Å². The molecule has 0 heterocycles. The predicted octanol–water partition coefficient (Wildman–Crippen LogP) is 1.75. The average Bonchev–Trinajstić information content (AvgIpc) is 2.36. The quantitative estimate of drug-likeness (QED) is 0.737. The maximum Gasteiger partial charge on any atom is 0.110 e. The number of ether oxygens (including phenoxy) is 3. The molecule has 0 aromatic carbocycles. The summed E-state index contributed by atoms with van der Waals surface area (Å²) in [5, 5.41) is 9.70. The molecule has 2 aliphatic carbocycles. The lowest BCUT2D eigenvalue weighted by molar-refractivity contribution is -0.213. The highest BCUT2D eigenvalue weighted by Crippen LogP contribution is 2.33. The van der Waals surface area contributed by atoms with Gasteiger partial charge in [-0.1, -0.05) is 6.92 Å². The molecule has 18 heavy (non-hydrogen) atoms. The summed E-state index contributed by atoms with van der Waals surface area (Å²) >= 11 is 0. The molecule has 0 amide bonds. The first-order chi connectivity index (χ1) is 8.70. The summed E-state index contributed by atoms with van der Waals surface area (Å²) in [6, 6.07) is 0. The molecule has 4 heteroatoms. The monoisotopic (exact) mass is 258 g/mol. The highest BCUT2D eigenvalue weighted by atomic mass is 16.6. The van der Waals surface area contributed by atoms with Gasteiger partial charge in [0, 0.05) is 13.5 Å². The van der Waals surface area contributed by atoms with Crippen LogP contribution in [-0.4, -0.2) is 49.8 Å². The third-order valence-electron chi connectivity index (χ3n) is 4.15. The lowest BCUT2D eigenvalue weighted by Gasteiger charge is -2.43. The SMILES string of the molecule is COCCOC1C(O)CC1OC1CCC(C)CC1. The summed E-state index contributed by atoms with van der Waals surface area (Å²) in [7, 11) is 1.65. The highest BCUT2D eigenvalue weighted by molar-refractivity contribution is 4.93. The van der Waals surface area contributed by atoms with Gasteiger partial charge in [-0.3, -0.25) is 0 Å². The molecular formula is C14H26O4. The highest BCUT2D eigenvalue weighted by Gasteiger charge is 2.43. The molecule has 2 saturated carbocycles. The minimum absolute atomic E-state index is 0.0789. The molecule has 0 aliphatic heterocycles. The maximum atomic E-state index is 9.70. The molecule has 0 aromatic rings. The number of aliphatic hydroxyl groups excluding tert-OH is 1. The molecule has 3 unspecified atom stereocenters. The smallest absolute Gasteiger partial charge is 0.110 e. The van der Waals surface area contributed by atoms with Gasteiger partial charge in [0.15, 0.2) is 0 Å². The fraction of sp³-hybridized carbons (Fsp3) is 1.00. The van der Waals surface area contributed by atoms with E-state index in [1.807, 2.05) is 0 Å². The Morgan fingerprint density at radius 2 is 1.83 bits per heavy atom. The van der Waals surface area contributed by atoms with Crippen LogP contribution in [0.4, 0.5) is 0 Å². The van der Waals surface area contributed by atoms with Crippen molar-refractivity contribution in [2.45, 2.75) is 63.4 Å². The first-order valence-electron chi connectivity index (χ1n) is 7.14. The van der Waals surface area contributed by atoms with Gasteiger partial charge >= 0.3 is 0 Å². The molecule has 0 saturated heterocycles. The van der Waals surface area contributed by atoms with E-state index < -0.39 is 0 Å². The summed E-state index contributed by atoms with van der Waals surface area (Å²) in [6.07, 6.45) is 5.46. The zero-order chi connectivity index (χ0) is 13.0. The third kappa shape index (κ3) is 3.67. The summed E-state index contributed by atoms with van der Waals surface area (Å²) in [4.78, 5) is 0. The second kappa shape index (κ2) is 6.85. The van der Waals surface area contributed by atoms with Crippen LogP contribution in [0.5, 0.6) is 0 Å². The van der Waals surface area contributed by atoms with Crippen molar-refractivity contribution in [1.29, 1.82) is 0 Å². The van der Waals surface area contributed by atoms with Gasteiger partial charge in [-0.15, -0.1) is 0 Å². The molecule has 0 bridgehead atoms. The van der Waals surface area contributed by atoms with Crippen molar-refractivity contribution in [2.75, 3.05) is 20.3 Å². The maximum absolute atomic E-state index is 9.70. The van der Waals surface area contributed by atoms with Crippen LogP contribution < -0.4 is 0 Å². The first kappa shape index (κ1) is 14.3.